The molecule has 0 atom stereocenters. The summed E-state index contributed by atoms with van der Waals surface area (Å²) in [6.07, 6.45) is 5.39. The molecule has 0 fully saturated rings. The molecular formula is C24H27NO6. The lowest BCUT2D eigenvalue weighted by Crippen LogP contribution is -2.02. The molecule has 0 unspecified atom stereocenters. The zero-order valence-electron chi connectivity index (χ0n) is 17.8. The number of aliphatic hydroxyl groups is 1. The van der Waals surface area contributed by atoms with E-state index in [0.717, 1.165) is 36.8 Å². The molecule has 0 radical (unpaired) electrons. The van der Waals surface area contributed by atoms with Crippen molar-refractivity contribution in [2.24, 2.45) is 0 Å². The Morgan fingerprint density at radius 1 is 1.03 bits per heavy atom. The Morgan fingerprint density at radius 3 is 2.42 bits per heavy atom. The summed E-state index contributed by atoms with van der Waals surface area (Å²) in [4.78, 5) is 0. The van der Waals surface area contributed by atoms with Gasteiger partial charge in [0.1, 0.15) is 0 Å². The van der Waals surface area contributed by atoms with Gasteiger partial charge in [-0.1, -0.05) is 6.42 Å². The van der Waals surface area contributed by atoms with Crippen LogP contribution in [0, 0.1) is 11.3 Å². The van der Waals surface area contributed by atoms with Gasteiger partial charge in [0.05, 0.1) is 32.5 Å². The van der Waals surface area contributed by atoms with Crippen molar-refractivity contribution in [3.05, 3.63) is 41.5 Å². The normalized spacial score (nSPS) is 12.4. The number of ether oxygens (including phenoxy) is 5. The van der Waals surface area contributed by atoms with Crippen molar-refractivity contribution >= 4 is 11.6 Å². The van der Waals surface area contributed by atoms with E-state index in [0.29, 0.717) is 40.9 Å². The average molecular weight is 425 g/mol. The Hall–Kier alpha value is -3.37. The molecule has 0 amide bonds. The number of nitriles is 1. The number of hydrogen-bond donors (Lipinski definition) is 1. The number of benzene rings is 2. The van der Waals surface area contributed by atoms with Crippen LogP contribution < -0.4 is 23.7 Å². The fourth-order valence-electron chi connectivity index (χ4n) is 3.28. The monoisotopic (exact) mass is 425 g/mol. The number of aliphatic hydroxyl groups excluding tert-OH is 1. The number of hydrogen-bond acceptors (Lipinski definition) is 7. The molecule has 0 spiro atoms. The minimum atomic E-state index is 0.182. The van der Waals surface area contributed by atoms with Crippen LogP contribution in [0.1, 0.15) is 36.8 Å². The van der Waals surface area contributed by atoms with Gasteiger partial charge in [0.2, 0.25) is 12.5 Å². The predicted octanol–water partition coefficient (Wildman–Crippen LogP) is 4.43. The lowest BCUT2D eigenvalue weighted by molar-refractivity contribution is 0.174. The van der Waals surface area contributed by atoms with E-state index in [1.807, 2.05) is 18.2 Å². The summed E-state index contributed by atoms with van der Waals surface area (Å²) in [5.74, 6) is 2.89. The molecule has 2 aromatic rings. The van der Waals surface area contributed by atoms with Crippen LogP contribution in [0.15, 0.2) is 30.3 Å². The van der Waals surface area contributed by atoms with Crippen LogP contribution in [0.4, 0.5) is 0 Å². The van der Waals surface area contributed by atoms with E-state index in [4.69, 9.17) is 28.8 Å². The Balaban J connectivity index is 1.81. The van der Waals surface area contributed by atoms with Gasteiger partial charge in [0.25, 0.3) is 0 Å². The Labute approximate surface area is 182 Å². The minimum Gasteiger partial charge on any atom is -0.493 e. The topological polar surface area (TPSA) is 90.2 Å². The summed E-state index contributed by atoms with van der Waals surface area (Å²) in [5, 5.41) is 18.6. The van der Waals surface area contributed by atoms with Crippen LogP contribution in [0.5, 0.6) is 28.7 Å². The van der Waals surface area contributed by atoms with Crippen molar-refractivity contribution in [3.63, 3.8) is 0 Å². The SMILES string of the molecule is COc1cc(/C=C(\C#N)c2ccc3c(c2)OCO3)cc(OC)c1OCCCCCCO. The molecular weight excluding hydrogens is 398 g/mol. The largest absolute Gasteiger partial charge is 0.493 e. The van der Waals surface area contributed by atoms with Crippen molar-refractivity contribution in [2.45, 2.75) is 25.7 Å². The van der Waals surface area contributed by atoms with Gasteiger partial charge in [-0.15, -0.1) is 0 Å². The van der Waals surface area contributed by atoms with Crippen molar-refractivity contribution in [2.75, 3.05) is 34.2 Å². The van der Waals surface area contributed by atoms with Gasteiger partial charge in [-0.25, -0.2) is 0 Å². The molecule has 31 heavy (non-hydrogen) atoms. The number of rotatable bonds is 11. The van der Waals surface area contributed by atoms with Crippen molar-refractivity contribution < 1.29 is 28.8 Å². The molecule has 1 N–H and O–H groups in total. The van der Waals surface area contributed by atoms with Crippen molar-refractivity contribution in [3.8, 4) is 34.8 Å². The van der Waals surface area contributed by atoms with E-state index >= 15 is 0 Å². The maximum Gasteiger partial charge on any atom is 0.231 e. The first-order valence-corrected chi connectivity index (χ1v) is 10.2. The zero-order chi connectivity index (χ0) is 22.1. The van der Waals surface area contributed by atoms with E-state index in [2.05, 4.69) is 6.07 Å². The van der Waals surface area contributed by atoms with E-state index in [1.54, 1.807) is 32.4 Å². The number of methoxy groups -OCH3 is 2. The maximum atomic E-state index is 9.71. The molecule has 0 saturated heterocycles. The third-order valence-electron chi connectivity index (χ3n) is 4.90. The molecule has 2 aromatic carbocycles. The summed E-state index contributed by atoms with van der Waals surface area (Å²) in [5.41, 5.74) is 1.95. The number of allylic oxidation sites excluding steroid dienone is 1. The third kappa shape index (κ3) is 5.62. The highest BCUT2D eigenvalue weighted by atomic mass is 16.7. The number of fused-ring (bicyclic) bond motifs is 1. The van der Waals surface area contributed by atoms with E-state index in [1.165, 1.54) is 0 Å². The first-order valence-electron chi connectivity index (χ1n) is 10.2. The quantitative estimate of drug-likeness (QED) is 0.324. The second-order valence-corrected chi connectivity index (χ2v) is 6.98. The van der Waals surface area contributed by atoms with Crippen LogP contribution in [0.2, 0.25) is 0 Å². The van der Waals surface area contributed by atoms with Crippen LogP contribution in [0.3, 0.4) is 0 Å². The molecule has 1 aliphatic rings. The van der Waals surface area contributed by atoms with E-state index in [-0.39, 0.29) is 13.4 Å². The molecule has 0 saturated carbocycles. The van der Waals surface area contributed by atoms with Crippen molar-refractivity contribution in [1.29, 1.82) is 5.26 Å². The van der Waals surface area contributed by atoms with E-state index < -0.39 is 0 Å². The predicted molar refractivity (Wildman–Crippen MR) is 117 cm³/mol. The Kier molecular flexibility index (Phi) is 8.02. The third-order valence-corrected chi connectivity index (χ3v) is 4.90. The van der Waals surface area contributed by atoms with Gasteiger partial charge >= 0.3 is 0 Å². The highest BCUT2D eigenvalue weighted by molar-refractivity contribution is 5.90. The standard InChI is InChI=1S/C24H27NO6/c1-27-22-12-17(13-23(28-2)24(22)29-10-6-4-3-5-9-26)11-19(15-25)18-7-8-20-21(14-18)31-16-30-20/h7-8,11-14,26H,3-6,9-10,16H2,1-2H3/b19-11+. The van der Waals surface area contributed by atoms with Crippen LogP contribution in [-0.4, -0.2) is 39.3 Å². The van der Waals surface area contributed by atoms with Gasteiger partial charge in [-0.3, -0.25) is 0 Å². The lowest BCUT2D eigenvalue weighted by Gasteiger charge is -2.15. The van der Waals surface area contributed by atoms with Crippen molar-refractivity contribution in [1.82, 2.24) is 0 Å². The summed E-state index contributed by atoms with van der Waals surface area (Å²) < 4.78 is 27.7. The minimum absolute atomic E-state index is 0.182. The molecule has 1 heterocycles. The maximum absolute atomic E-state index is 9.71. The smallest absolute Gasteiger partial charge is 0.231 e. The van der Waals surface area contributed by atoms with Gasteiger partial charge < -0.3 is 28.8 Å². The van der Waals surface area contributed by atoms with Gasteiger partial charge in [-0.05, 0) is 66.8 Å². The molecule has 3 rings (SSSR count). The highest BCUT2D eigenvalue weighted by Crippen LogP contribution is 2.40. The Bertz CT molecular complexity index is 938. The molecule has 0 aromatic heterocycles. The van der Waals surface area contributed by atoms with Gasteiger partial charge in [-0.2, -0.15) is 5.26 Å². The molecule has 0 aliphatic carbocycles. The van der Waals surface area contributed by atoms with Crippen LogP contribution in [0.25, 0.3) is 11.6 Å². The van der Waals surface area contributed by atoms with Gasteiger partial charge in [0.15, 0.2) is 23.0 Å². The first-order chi connectivity index (χ1) is 15.2. The summed E-state index contributed by atoms with van der Waals surface area (Å²) >= 11 is 0. The number of unbranched alkanes of at least 4 members (excludes halogenated alkanes) is 3. The molecule has 0 bridgehead atoms. The van der Waals surface area contributed by atoms with Gasteiger partial charge in [0, 0.05) is 6.61 Å². The number of nitrogens with zero attached hydrogens (tertiary/aromatic N) is 1. The highest BCUT2D eigenvalue weighted by Gasteiger charge is 2.17. The summed E-state index contributed by atoms with van der Waals surface area (Å²) in [6.45, 7) is 0.921. The average Bonchev–Trinajstić information content (AvgIpc) is 3.27. The van der Waals surface area contributed by atoms with Crippen LogP contribution in [-0.2, 0) is 0 Å². The zero-order valence-corrected chi connectivity index (χ0v) is 17.8. The second-order valence-electron chi connectivity index (χ2n) is 6.98. The summed E-state index contributed by atoms with van der Waals surface area (Å²) in [6, 6.07) is 11.3. The van der Waals surface area contributed by atoms with E-state index in [9.17, 15) is 5.26 Å². The summed E-state index contributed by atoms with van der Waals surface area (Å²) in [7, 11) is 3.14. The Morgan fingerprint density at radius 2 is 1.74 bits per heavy atom. The lowest BCUT2D eigenvalue weighted by atomic mass is 10.0. The fraction of sp³-hybridized carbons (Fsp3) is 0.375. The van der Waals surface area contributed by atoms with Crippen LogP contribution >= 0.6 is 0 Å². The molecule has 7 heteroatoms. The fourth-order valence-corrected chi connectivity index (χ4v) is 3.28. The molecule has 1 aliphatic heterocycles. The second kappa shape index (κ2) is 11.1. The molecule has 164 valence electrons. The molecule has 7 nitrogen and oxygen atoms in total. The first kappa shape index (κ1) is 22.3.